The van der Waals surface area contributed by atoms with E-state index in [4.69, 9.17) is 11.6 Å². The first kappa shape index (κ1) is 20.2. The van der Waals surface area contributed by atoms with Crippen LogP contribution >= 0.6 is 11.6 Å². The van der Waals surface area contributed by atoms with Gasteiger partial charge >= 0.3 is 0 Å². The highest BCUT2D eigenvalue weighted by Crippen LogP contribution is 2.28. The molecule has 6 nitrogen and oxygen atoms in total. The zero-order valence-electron chi connectivity index (χ0n) is 17.3. The quantitative estimate of drug-likeness (QED) is 0.648. The van der Waals surface area contributed by atoms with E-state index < -0.39 is 6.10 Å². The number of para-hydroxylation sites is 1. The molecule has 31 heavy (non-hydrogen) atoms. The first-order chi connectivity index (χ1) is 15.2. The first-order valence-corrected chi connectivity index (χ1v) is 11.1. The summed E-state index contributed by atoms with van der Waals surface area (Å²) in [4.78, 5) is 13.3. The molecule has 2 N–H and O–H groups in total. The summed E-state index contributed by atoms with van der Waals surface area (Å²) < 4.78 is 0. The number of anilines is 3. The molecule has 2 aromatic carbocycles. The van der Waals surface area contributed by atoms with Crippen LogP contribution in [0.15, 0.2) is 60.9 Å². The van der Waals surface area contributed by atoms with Gasteiger partial charge in [0.15, 0.2) is 0 Å². The van der Waals surface area contributed by atoms with E-state index in [-0.39, 0.29) is 6.04 Å². The lowest BCUT2D eigenvalue weighted by Crippen LogP contribution is -2.55. The van der Waals surface area contributed by atoms with Crippen LogP contribution in [0.3, 0.4) is 0 Å². The predicted octanol–water partition coefficient (Wildman–Crippen LogP) is 3.87. The molecule has 3 aromatic rings. The van der Waals surface area contributed by atoms with Crippen LogP contribution in [0, 0.1) is 0 Å². The Labute approximate surface area is 187 Å². The van der Waals surface area contributed by atoms with Crippen molar-refractivity contribution in [1.82, 2.24) is 14.9 Å². The Balaban J connectivity index is 1.25. The molecule has 2 atom stereocenters. The molecule has 0 saturated carbocycles. The van der Waals surface area contributed by atoms with Gasteiger partial charge in [-0.15, -0.1) is 0 Å². The Morgan fingerprint density at radius 3 is 2.65 bits per heavy atom. The van der Waals surface area contributed by atoms with Crippen molar-refractivity contribution in [2.45, 2.75) is 31.5 Å². The number of aliphatic hydroxyl groups excluding tert-OH is 1. The number of β-amino-alcohol motifs (C(OH)–C–C–N with tert-alkyl or cyclic N) is 1. The highest BCUT2D eigenvalue weighted by atomic mass is 35.5. The number of aromatic nitrogens is 2. The Kier molecular flexibility index (Phi) is 5.76. The van der Waals surface area contributed by atoms with Crippen LogP contribution in [0.25, 0.3) is 0 Å². The number of aliphatic hydroxyl groups is 1. The topological polar surface area (TPSA) is 64.5 Å². The third kappa shape index (κ3) is 4.37. The van der Waals surface area contributed by atoms with E-state index in [1.165, 1.54) is 11.1 Å². The number of rotatable bonds is 4. The third-order valence-corrected chi connectivity index (χ3v) is 6.62. The van der Waals surface area contributed by atoms with E-state index in [0.717, 1.165) is 44.0 Å². The number of hydrogen-bond donors (Lipinski definition) is 2. The van der Waals surface area contributed by atoms with Crippen LogP contribution in [0.5, 0.6) is 0 Å². The van der Waals surface area contributed by atoms with Crippen molar-refractivity contribution < 1.29 is 5.11 Å². The lowest BCUT2D eigenvalue weighted by molar-refractivity contribution is 0.0293. The van der Waals surface area contributed by atoms with Crippen molar-refractivity contribution in [3.63, 3.8) is 0 Å². The zero-order valence-corrected chi connectivity index (χ0v) is 18.0. The molecule has 0 amide bonds. The number of piperidine rings is 1. The second-order valence-electron chi connectivity index (χ2n) is 8.22. The summed E-state index contributed by atoms with van der Waals surface area (Å²) >= 11 is 6.25. The number of nitrogens with zero attached hydrogens (tertiary/aromatic N) is 4. The monoisotopic (exact) mass is 435 g/mol. The predicted molar refractivity (Wildman–Crippen MR) is 124 cm³/mol. The second kappa shape index (κ2) is 8.83. The minimum atomic E-state index is -0.422. The van der Waals surface area contributed by atoms with E-state index in [2.05, 4.69) is 49.4 Å². The lowest BCUT2D eigenvalue weighted by atomic mass is 9.94. The van der Waals surface area contributed by atoms with Crippen molar-refractivity contribution in [3.05, 3.63) is 77.1 Å². The maximum atomic E-state index is 11.0. The Hall–Kier alpha value is -2.67. The molecular weight excluding hydrogens is 410 g/mol. The van der Waals surface area contributed by atoms with Gasteiger partial charge in [0.25, 0.3) is 0 Å². The molecule has 1 saturated heterocycles. The van der Waals surface area contributed by atoms with Crippen LogP contribution in [-0.2, 0) is 13.0 Å². The van der Waals surface area contributed by atoms with Crippen molar-refractivity contribution in [1.29, 1.82) is 0 Å². The van der Waals surface area contributed by atoms with Crippen molar-refractivity contribution in [2.24, 2.45) is 0 Å². The number of nitrogens with one attached hydrogen (secondary N) is 1. The van der Waals surface area contributed by atoms with E-state index in [1.807, 2.05) is 30.3 Å². The molecular formula is C24H26ClN5O. The molecule has 7 heteroatoms. The average Bonchev–Trinajstić information content (AvgIpc) is 2.80. The highest BCUT2D eigenvalue weighted by molar-refractivity contribution is 6.33. The van der Waals surface area contributed by atoms with Crippen molar-refractivity contribution in [3.8, 4) is 0 Å². The summed E-state index contributed by atoms with van der Waals surface area (Å²) in [5, 5.41) is 14.9. The Morgan fingerprint density at radius 2 is 1.81 bits per heavy atom. The van der Waals surface area contributed by atoms with E-state index in [9.17, 15) is 5.11 Å². The molecule has 1 fully saturated rings. The summed E-state index contributed by atoms with van der Waals surface area (Å²) in [5.41, 5.74) is 3.62. The minimum Gasteiger partial charge on any atom is -0.390 e. The van der Waals surface area contributed by atoms with Gasteiger partial charge < -0.3 is 15.3 Å². The number of halogens is 1. The molecule has 0 aliphatic carbocycles. The maximum absolute atomic E-state index is 11.0. The van der Waals surface area contributed by atoms with E-state index in [1.54, 1.807) is 6.33 Å². The van der Waals surface area contributed by atoms with E-state index in [0.29, 0.717) is 17.4 Å². The van der Waals surface area contributed by atoms with Gasteiger partial charge in [-0.25, -0.2) is 9.97 Å². The van der Waals surface area contributed by atoms with Gasteiger partial charge in [-0.05, 0) is 36.1 Å². The lowest BCUT2D eigenvalue weighted by Gasteiger charge is -2.43. The summed E-state index contributed by atoms with van der Waals surface area (Å²) in [6, 6.07) is 18.3. The Morgan fingerprint density at radius 1 is 1.00 bits per heavy atom. The molecule has 1 unspecified atom stereocenters. The molecule has 2 aliphatic heterocycles. The fraction of sp³-hybridized carbons (Fsp3) is 0.333. The Bertz CT molecular complexity index is 1060. The highest BCUT2D eigenvalue weighted by Gasteiger charge is 2.34. The molecule has 160 valence electrons. The minimum absolute atomic E-state index is 0.173. The van der Waals surface area contributed by atoms with Gasteiger partial charge in [0.2, 0.25) is 0 Å². The van der Waals surface area contributed by atoms with Gasteiger partial charge in [0, 0.05) is 38.3 Å². The second-order valence-corrected chi connectivity index (χ2v) is 8.63. The summed E-state index contributed by atoms with van der Waals surface area (Å²) in [6.07, 6.45) is 3.08. The number of fused-ring (bicyclic) bond motifs is 1. The molecule has 0 bridgehead atoms. The van der Waals surface area contributed by atoms with Crippen molar-refractivity contribution in [2.75, 3.05) is 29.9 Å². The van der Waals surface area contributed by atoms with Crippen molar-refractivity contribution >= 4 is 28.9 Å². The van der Waals surface area contributed by atoms with Gasteiger partial charge in [-0.3, -0.25) is 4.90 Å². The molecule has 5 rings (SSSR count). The zero-order chi connectivity index (χ0) is 21.2. The summed E-state index contributed by atoms with van der Waals surface area (Å²) in [6.45, 7) is 3.32. The number of benzene rings is 2. The van der Waals surface area contributed by atoms with Crippen LogP contribution in [0.2, 0.25) is 5.02 Å². The smallest absolute Gasteiger partial charge is 0.135 e. The third-order valence-electron chi connectivity index (χ3n) is 6.29. The molecule has 3 heterocycles. The summed E-state index contributed by atoms with van der Waals surface area (Å²) in [5.74, 6) is 1.49. The average molecular weight is 436 g/mol. The van der Waals surface area contributed by atoms with Gasteiger partial charge in [0.05, 0.1) is 16.8 Å². The fourth-order valence-electron chi connectivity index (χ4n) is 4.64. The van der Waals surface area contributed by atoms with Crippen LogP contribution in [0.4, 0.5) is 17.3 Å². The van der Waals surface area contributed by atoms with Gasteiger partial charge in [-0.2, -0.15) is 0 Å². The van der Waals surface area contributed by atoms with Crippen LogP contribution < -0.4 is 10.2 Å². The molecule has 0 spiro atoms. The largest absolute Gasteiger partial charge is 0.390 e. The van der Waals surface area contributed by atoms with Crippen LogP contribution in [0.1, 0.15) is 17.5 Å². The fourth-order valence-corrected chi connectivity index (χ4v) is 4.83. The van der Waals surface area contributed by atoms with Gasteiger partial charge in [0.1, 0.15) is 18.0 Å². The maximum Gasteiger partial charge on any atom is 0.135 e. The molecule has 2 aliphatic rings. The molecule has 0 radical (unpaired) electrons. The summed E-state index contributed by atoms with van der Waals surface area (Å²) in [7, 11) is 0. The van der Waals surface area contributed by atoms with Gasteiger partial charge in [-0.1, -0.05) is 48.0 Å². The molecule has 1 aromatic heterocycles. The SMILES string of the molecule is O[C@H]1CN(c2cc(Nc3ccccc3Cl)ncn2)CCC1N1CCc2ccccc2C1. The van der Waals surface area contributed by atoms with Crippen LogP contribution in [-0.4, -0.2) is 51.8 Å². The number of hydrogen-bond acceptors (Lipinski definition) is 6. The van der Waals surface area contributed by atoms with E-state index >= 15 is 0 Å². The normalized spacial score (nSPS) is 21.5. The standard InChI is InChI=1S/C24H26ClN5O/c25-19-7-3-4-8-20(19)28-23-13-24(27-16-26-23)30-12-10-21(22(31)15-30)29-11-9-17-5-1-2-6-18(17)14-29/h1-8,13,16,21-22,31H,9-12,14-15H2,(H,26,27,28)/t21?,22-/m0/s1. The first-order valence-electron chi connectivity index (χ1n) is 10.7.